The molecule has 6 nitrogen and oxygen atoms in total. The molecule has 2 aliphatic rings. The predicted molar refractivity (Wildman–Crippen MR) is 106 cm³/mol. The minimum atomic E-state index is -0.683. The number of methoxy groups -OCH3 is 1. The Hall–Kier alpha value is -0.660. The topological polar surface area (TPSA) is 66.0 Å². The summed E-state index contributed by atoms with van der Waals surface area (Å²) in [4.78, 5) is 6.87. The van der Waals surface area contributed by atoms with Gasteiger partial charge < -0.3 is 15.4 Å². The molecule has 0 aliphatic heterocycles. The van der Waals surface area contributed by atoms with E-state index in [0.717, 1.165) is 69.7 Å². The van der Waals surface area contributed by atoms with E-state index in [1.54, 1.807) is 7.11 Å². The minimum Gasteiger partial charge on any atom is -0.383 e. The van der Waals surface area contributed by atoms with Crippen molar-refractivity contribution in [3.63, 3.8) is 0 Å². The lowest BCUT2D eigenvalue weighted by molar-refractivity contribution is 0.144. The van der Waals surface area contributed by atoms with Gasteiger partial charge in [0.25, 0.3) is 0 Å². The number of ether oxygens (including phenoxy) is 1. The first-order valence-corrected chi connectivity index (χ1v) is 11.1. The first kappa shape index (κ1) is 20.6. The van der Waals surface area contributed by atoms with Crippen molar-refractivity contribution in [2.24, 2.45) is 4.99 Å². The second-order valence-corrected chi connectivity index (χ2v) is 9.06. The zero-order valence-corrected chi connectivity index (χ0v) is 16.9. The number of nitrogens with zero attached hydrogens (tertiary/aromatic N) is 2. The Morgan fingerprint density at radius 2 is 2.08 bits per heavy atom. The molecule has 0 spiro atoms. The minimum absolute atomic E-state index is 0.341. The summed E-state index contributed by atoms with van der Waals surface area (Å²) in [6, 6.07) is 1.13. The van der Waals surface area contributed by atoms with Gasteiger partial charge in [-0.2, -0.15) is 0 Å². The van der Waals surface area contributed by atoms with Crippen molar-refractivity contribution in [1.82, 2.24) is 15.5 Å². The monoisotopic (exact) mass is 372 g/mol. The first-order valence-electron chi connectivity index (χ1n) is 9.75. The highest BCUT2D eigenvalue weighted by molar-refractivity contribution is 7.85. The summed E-state index contributed by atoms with van der Waals surface area (Å²) in [6.07, 6.45) is 7.00. The van der Waals surface area contributed by atoms with E-state index in [1.807, 2.05) is 14.0 Å². The molecular formula is C18H36N4O2S. The molecule has 25 heavy (non-hydrogen) atoms. The molecule has 0 saturated heterocycles. The van der Waals surface area contributed by atoms with Gasteiger partial charge >= 0.3 is 0 Å². The fourth-order valence-corrected chi connectivity index (χ4v) is 4.93. The van der Waals surface area contributed by atoms with Gasteiger partial charge in [-0.05, 0) is 32.1 Å². The van der Waals surface area contributed by atoms with Crippen molar-refractivity contribution >= 4 is 16.8 Å². The zero-order chi connectivity index (χ0) is 18.1. The van der Waals surface area contributed by atoms with Crippen LogP contribution in [0.15, 0.2) is 4.99 Å². The molecule has 0 aromatic rings. The SMILES string of the molecule is CCS(=O)C1CCCC(NC(=NC)NCCN(CCOC)C2CC2)C1. The van der Waals surface area contributed by atoms with E-state index in [4.69, 9.17) is 4.74 Å². The average Bonchev–Trinajstić information content (AvgIpc) is 3.48. The van der Waals surface area contributed by atoms with Crippen LogP contribution in [-0.2, 0) is 15.5 Å². The smallest absolute Gasteiger partial charge is 0.191 e. The van der Waals surface area contributed by atoms with Gasteiger partial charge in [0.15, 0.2) is 5.96 Å². The number of rotatable bonds is 10. The van der Waals surface area contributed by atoms with Crippen molar-refractivity contribution in [2.75, 3.05) is 46.2 Å². The van der Waals surface area contributed by atoms with Gasteiger partial charge in [0.1, 0.15) is 0 Å². The molecule has 7 heteroatoms. The number of hydrogen-bond donors (Lipinski definition) is 2. The highest BCUT2D eigenvalue weighted by Crippen LogP contribution is 2.26. The first-order chi connectivity index (χ1) is 12.2. The van der Waals surface area contributed by atoms with E-state index in [1.165, 1.54) is 12.8 Å². The van der Waals surface area contributed by atoms with Gasteiger partial charge in [0.05, 0.1) is 6.61 Å². The lowest BCUT2D eigenvalue weighted by atomic mass is 9.95. The molecule has 0 heterocycles. The van der Waals surface area contributed by atoms with Gasteiger partial charge in [-0.25, -0.2) is 0 Å². The highest BCUT2D eigenvalue weighted by atomic mass is 32.2. The number of guanidine groups is 1. The largest absolute Gasteiger partial charge is 0.383 e. The number of hydrogen-bond acceptors (Lipinski definition) is 4. The number of aliphatic imine (C=N–C) groups is 1. The second kappa shape index (κ2) is 11.1. The van der Waals surface area contributed by atoms with Crippen LogP contribution in [0, 0.1) is 0 Å². The van der Waals surface area contributed by atoms with Crippen LogP contribution in [0.1, 0.15) is 45.4 Å². The lowest BCUT2D eigenvalue weighted by Crippen LogP contribution is -2.48. The van der Waals surface area contributed by atoms with Crippen LogP contribution >= 0.6 is 0 Å². The Kier molecular flexibility index (Phi) is 9.20. The van der Waals surface area contributed by atoms with E-state index in [9.17, 15) is 4.21 Å². The Morgan fingerprint density at radius 1 is 1.28 bits per heavy atom. The summed E-state index contributed by atoms with van der Waals surface area (Å²) in [5, 5.41) is 7.32. The fraction of sp³-hybridized carbons (Fsp3) is 0.944. The van der Waals surface area contributed by atoms with Gasteiger partial charge in [0, 0.05) is 67.7 Å². The maximum atomic E-state index is 12.1. The second-order valence-electron chi connectivity index (χ2n) is 7.06. The van der Waals surface area contributed by atoms with Crippen LogP contribution in [0.25, 0.3) is 0 Å². The molecule has 0 radical (unpaired) electrons. The fourth-order valence-electron chi connectivity index (χ4n) is 3.58. The molecule has 0 aromatic carbocycles. The maximum absolute atomic E-state index is 12.1. The van der Waals surface area contributed by atoms with Crippen molar-refractivity contribution in [3.05, 3.63) is 0 Å². The summed E-state index contributed by atoms with van der Waals surface area (Å²) in [6.45, 7) is 5.71. The molecule has 3 unspecified atom stereocenters. The van der Waals surface area contributed by atoms with Gasteiger partial charge in [-0.1, -0.05) is 13.3 Å². The van der Waals surface area contributed by atoms with Crippen molar-refractivity contribution in [3.8, 4) is 0 Å². The van der Waals surface area contributed by atoms with E-state index in [-0.39, 0.29) is 0 Å². The summed E-state index contributed by atoms with van der Waals surface area (Å²) in [5.74, 6) is 1.64. The molecule has 2 N–H and O–H groups in total. The molecule has 0 aromatic heterocycles. The molecule has 2 rings (SSSR count). The average molecular weight is 373 g/mol. The summed E-state index contributed by atoms with van der Waals surface area (Å²) < 4.78 is 17.3. The molecule has 146 valence electrons. The van der Waals surface area contributed by atoms with Gasteiger partial charge in [-0.3, -0.25) is 14.1 Å². The molecule has 3 atom stereocenters. The standard InChI is InChI=1S/C18H36N4O2S/c1-4-25(23)17-7-5-6-15(14-17)21-18(19-2)20-10-11-22(12-13-24-3)16-8-9-16/h15-17H,4-14H2,1-3H3,(H2,19,20,21). The van der Waals surface area contributed by atoms with Crippen molar-refractivity contribution < 1.29 is 8.95 Å². The molecule has 2 saturated carbocycles. The Bertz CT molecular complexity index is 443. The van der Waals surface area contributed by atoms with Gasteiger partial charge in [-0.15, -0.1) is 0 Å². The third-order valence-electron chi connectivity index (χ3n) is 5.18. The maximum Gasteiger partial charge on any atom is 0.191 e. The Labute approximate surface area is 155 Å². The normalized spacial score (nSPS) is 25.8. The van der Waals surface area contributed by atoms with Crippen LogP contribution in [0.2, 0.25) is 0 Å². The Morgan fingerprint density at radius 3 is 2.72 bits per heavy atom. The van der Waals surface area contributed by atoms with Crippen LogP contribution in [0.4, 0.5) is 0 Å². The molecule has 0 bridgehead atoms. The lowest BCUT2D eigenvalue weighted by Gasteiger charge is -2.30. The van der Waals surface area contributed by atoms with E-state index in [0.29, 0.717) is 11.3 Å². The van der Waals surface area contributed by atoms with Crippen LogP contribution in [0.5, 0.6) is 0 Å². The quantitative estimate of drug-likeness (QED) is 0.448. The van der Waals surface area contributed by atoms with Crippen molar-refractivity contribution in [1.29, 1.82) is 0 Å². The van der Waals surface area contributed by atoms with Gasteiger partial charge in [0.2, 0.25) is 0 Å². The van der Waals surface area contributed by atoms with Crippen LogP contribution in [-0.4, -0.2) is 78.6 Å². The Balaban J connectivity index is 1.71. The third-order valence-corrected chi connectivity index (χ3v) is 6.92. The third kappa shape index (κ3) is 7.23. The molecule has 2 fully saturated rings. The molecule has 0 amide bonds. The van der Waals surface area contributed by atoms with Crippen LogP contribution < -0.4 is 10.6 Å². The van der Waals surface area contributed by atoms with Crippen LogP contribution in [0.3, 0.4) is 0 Å². The number of nitrogens with one attached hydrogen (secondary N) is 2. The molecule has 2 aliphatic carbocycles. The van der Waals surface area contributed by atoms with E-state index in [2.05, 4.69) is 20.5 Å². The highest BCUT2D eigenvalue weighted by Gasteiger charge is 2.28. The van der Waals surface area contributed by atoms with E-state index < -0.39 is 10.8 Å². The summed E-state index contributed by atoms with van der Waals surface area (Å²) >= 11 is 0. The predicted octanol–water partition coefficient (Wildman–Crippen LogP) is 1.34. The van der Waals surface area contributed by atoms with E-state index >= 15 is 0 Å². The zero-order valence-electron chi connectivity index (χ0n) is 16.1. The summed E-state index contributed by atoms with van der Waals surface area (Å²) in [7, 11) is 2.90. The molecular weight excluding hydrogens is 336 g/mol. The van der Waals surface area contributed by atoms with Crippen molar-refractivity contribution in [2.45, 2.75) is 62.8 Å². The summed E-state index contributed by atoms with van der Waals surface area (Å²) in [5.41, 5.74) is 0.